The molecule has 1 unspecified atom stereocenters. The molecule has 1 amide bonds. The van der Waals surface area contributed by atoms with E-state index >= 15 is 0 Å². The van der Waals surface area contributed by atoms with Crippen LogP contribution in [-0.2, 0) is 4.79 Å². The molecular formula is C10H20N2OS. The molecule has 3 nitrogen and oxygen atoms in total. The van der Waals surface area contributed by atoms with Crippen molar-refractivity contribution in [2.24, 2.45) is 5.73 Å². The van der Waals surface area contributed by atoms with Gasteiger partial charge in [0.25, 0.3) is 0 Å². The van der Waals surface area contributed by atoms with E-state index in [2.05, 4.69) is 6.92 Å². The summed E-state index contributed by atoms with van der Waals surface area (Å²) in [6.45, 7) is 3.65. The predicted octanol–water partition coefficient (Wildman–Crippen LogP) is 1.08. The number of rotatable bonds is 5. The molecule has 0 spiro atoms. The van der Waals surface area contributed by atoms with E-state index in [4.69, 9.17) is 5.73 Å². The van der Waals surface area contributed by atoms with E-state index in [0.717, 1.165) is 30.9 Å². The third-order valence-electron chi connectivity index (χ3n) is 2.63. The van der Waals surface area contributed by atoms with E-state index in [9.17, 15) is 4.79 Å². The van der Waals surface area contributed by atoms with Gasteiger partial charge in [-0.05, 0) is 18.6 Å². The van der Waals surface area contributed by atoms with Gasteiger partial charge in [0.1, 0.15) is 0 Å². The Morgan fingerprint density at radius 3 is 3.07 bits per heavy atom. The fourth-order valence-electron chi connectivity index (χ4n) is 1.86. The molecule has 1 aliphatic heterocycles. The Bertz CT molecular complexity index is 187. The van der Waals surface area contributed by atoms with Gasteiger partial charge in [-0.25, -0.2) is 0 Å². The summed E-state index contributed by atoms with van der Waals surface area (Å²) in [5, 5.41) is 0. The van der Waals surface area contributed by atoms with Gasteiger partial charge in [-0.1, -0.05) is 6.92 Å². The summed E-state index contributed by atoms with van der Waals surface area (Å²) in [5.41, 5.74) is 5.62. The maximum Gasteiger partial charge on any atom is 0.223 e. The molecule has 1 heterocycles. The second-order valence-electron chi connectivity index (χ2n) is 3.57. The highest BCUT2D eigenvalue weighted by Crippen LogP contribution is 2.17. The van der Waals surface area contributed by atoms with Crippen molar-refractivity contribution in [2.45, 2.75) is 32.2 Å². The summed E-state index contributed by atoms with van der Waals surface area (Å²) in [4.78, 5) is 13.7. The average molecular weight is 216 g/mol. The molecule has 1 rings (SSSR count). The van der Waals surface area contributed by atoms with Crippen LogP contribution >= 0.6 is 11.8 Å². The van der Waals surface area contributed by atoms with E-state index in [1.165, 1.54) is 0 Å². The van der Waals surface area contributed by atoms with Crippen LogP contribution in [0.1, 0.15) is 26.2 Å². The molecule has 0 aliphatic carbocycles. The van der Waals surface area contributed by atoms with Gasteiger partial charge in [-0.15, -0.1) is 0 Å². The monoisotopic (exact) mass is 216 g/mol. The maximum absolute atomic E-state index is 11.7. The fourth-order valence-corrected chi connectivity index (χ4v) is 2.46. The number of hydrogen-bond donors (Lipinski definition) is 1. The number of likely N-dealkylation sites (tertiary alicyclic amines) is 1. The normalized spacial score (nSPS) is 21.6. The van der Waals surface area contributed by atoms with Crippen LogP contribution in [0.3, 0.4) is 0 Å². The van der Waals surface area contributed by atoms with Crippen molar-refractivity contribution >= 4 is 17.7 Å². The summed E-state index contributed by atoms with van der Waals surface area (Å²) in [5.74, 6) is 2.33. The van der Waals surface area contributed by atoms with Crippen LogP contribution in [0.2, 0.25) is 0 Å². The molecule has 1 aliphatic rings. The quantitative estimate of drug-likeness (QED) is 0.700. The zero-order chi connectivity index (χ0) is 10.4. The highest BCUT2D eigenvalue weighted by Gasteiger charge is 2.26. The summed E-state index contributed by atoms with van der Waals surface area (Å²) in [7, 11) is 0. The van der Waals surface area contributed by atoms with E-state index in [1.807, 2.05) is 16.7 Å². The Kier molecular flexibility index (Phi) is 5.33. The molecule has 4 heteroatoms. The van der Waals surface area contributed by atoms with Crippen molar-refractivity contribution < 1.29 is 4.79 Å². The summed E-state index contributed by atoms with van der Waals surface area (Å²) in [6, 6.07) is 0.314. The average Bonchev–Trinajstić information content (AvgIpc) is 2.65. The minimum atomic E-state index is 0.291. The highest BCUT2D eigenvalue weighted by molar-refractivity contribution is 7.99. The van der Waals surface area contributed by atoms with Gasteiger partial charge in [0.2, 0.25) is 5.91 Å². The first-order chi connectivity index (χ1) is 6.79. The van der Waals surface area contributed by atoms with Crippen LogP contribution in [0.4, 0.5) is 0 Å². The number of amides is 1. The third-order valence-corrected chi connectivity index (χ3v) is 3.53. The lowest BCUT2D eigenvalue weighted by Gasteiger charge is -2.23. The van der Waals surface area contributed by atoms with Crippen LogP contribution in [-0.4, -0.2) is 41.4 Å². The van der Waals surface area contributed by atoms with Crippen molar-refractivity contribution in [1.82, 2.24) is 4.90 Å². The van der Waals surface area contributed by atoms with Crippen molar-refractivity contribution in [3.05, 3.63) is 0 Å². The zero-order valence-corrected chi connectivity index (χ0v) is 9.68. The van der Waals surface area contributed by atoms with Gasteiger partial charge in [-0.3, -0.25) is 4.79 Å². The van der Waals surface area contributed by atoms with E-state index in [1.54, 1.807) is 0 Å². The number of carbonyl (C=O) groups is 1. The molecule has 0 radical (unpaired) electrons. The molecule has 0 bridgehead atoms. The van der Waals surface area contributed by atoms with Crippen molar-refractivity contribution in [2.75, 3.05) is 24.6 Å². The van der Waals surface area contributed by atoms with E-state index in [-0.39, 0.29) is 0 Å². The SMILES string of the molecule is CCSCCC(=O)N1CCCC1CN. The molecule has 0 aromatic carbocycles. The van der Waals surface area contributed by atoms with E-state index in [0.29, 0.717) is 24.9 Å². The molecule has 0 aromatic rings. The highest BCUT2D eigenvalue weighted by atomic mass is 32.2. The van der Waals surface area contributed by atoms with Crippen LogP contribution < -0.4 is 5.73 Å². The van der Waals surface area contributed by atoms with Gasteiger partial charge in [-0.2, -0.15) is 11.8 Å². The maximum atomic E-state index is 11.7. The molecule has 82 valence electrons. The largest absolute Gasteiger partial charge is 0.338 e. The fraction of sp³-hybridized carbons (Fsp3) is 0.900. The first-order valence-corrected chi connectivity index (χ1v) is 6.52. The number of thioether (sulfide) groups is 1. The topological polar surface area (TPSA) is 46.3 Å². The molecule has 1 atom stereocenters. The second-order valence-corrected chi connectivity index (χ2v) is 4.96. The molecule has 0 saturated carbocycles. The summed E-state index contributed by atoms with van der Waals surface area (Å²) in [6.07, 6.45) is 2.88. The van der Waals surface area contributed by atoms with E-state index < -0.39 is 0 Å². The summed E-state index contributed by atoms with van der Waals surface area (Å²) >= 11 is 1.83. The number of hydrogen-bond acceptors (Lipinski definition) is 3. The minimum Gasteiger partial charge on any atom is -0.338 e. The van der Waals surface area contributed by atoms with Crippen LogP contribution in [0.5, 0.6) is 0 Å². The second kappa shape index (κ2) is 6.30. The van der Waals surface area contributed by atoms with Gasteiger partial charge in [0.15, 0.2) is 0 Å². The Hall–Kier alpha value is -0.220. The molecule has 2 N–H and O–H groups in total. The van der Waals surface area contributed by atoms with Gasteiger partial charge < -0.3 is 10.6 Å². The molecule has 14 heavy (non-hydrogen) atoms. The smallest absolute Gasteiger partial charge is 0.223 e. The van der Waals surface area contributed by atoms with Crippen molar-refractivity contribution in [1.29, 1.82) is 0 Å². The molecule has 0 aromatic heterocycles. The summed E-state index contributed by atoms with van der Waals surface area (Å²) < 4.78 is 0. The van der Waals surface area contributed by atoms with Gasteiger partial charge in [0.05, 0.1) is 0 Å². The Labute approximate surface area is 90.4 Å². The lowest BCUT2D eigenvalue weighted by atomic mass is 10.2. The molecule has 1 fully saturated rings. The predicted molar refractivity (Wildman–Crippen MR) is 61.4 cm³/mol. The Morgan fingerprint density at radius 2 is 2.43 bits per heavy atom. The van der Waals surface area contributed by atoms with Gasteiger partial charge >= 0.3 is 0 Å². The van der Waals surface area contributed by atoms with Gasteiger partial charge in [0, 0.05) is 31.3 Å². The minimum absolute atomic E-state index is 0.291. The van der Waals surface area contributed by atoms with Crippen molar-refractivity contribution in [3.63, 3.8) is 0 Å². The first-order valence-electron chi connectivity index (χ1n) is 5.36. The zero-order valence-electron chi connectivity index (χ0n) is 8.87. The Morgan fingerprint density at radius 1 is 1.64 bits per heavy atom. The first kappa shape index (κ1) is 11.9. The third kappa shape index (κ3) is 3.17. The Balaban J connectivity index is 2.28. The van der Waals surface area contributed by atoms with Crippen LogP contribution in [0, 0.1) is 0 Å². The number of nitrogens with zero attached hydrogens (tertiary/aromatic N) is 1. The van der Waals surface area contributed by atoms with Crippen LogP contribution in [0.15, 0.2) is 0 Å². The van der Waals surface area contributed by atoms with Crippen LogP contribution in [0.25, 0.3) is 0 Å². The molecule has 1 saturated heterocycles. The van der Waals surface area contributed by atoms with Crippen molar-refractivity contribution in [3.8, 4) is 0 Å². The number of nitrogens with two attached hydrogens (primary N) is 1. The lowest BCUT2D eigenvalue weighted by molar-refractivity contribution is -0.131. The lowest BCUT2D eigenvalue weighted by Crippen LogP contribution is -2.40. The molecular weight excluding hydrogens is 196 g/mol. The number of carbonyl (C=O) groups excluding carboxylic acids is 1. The standard InChI is InChI=1S/C10H20N2OS/c1-2-14-7-5-10(13)12-6-3-4-9(12)8-11/h9H,2-8,11H2,1H3.